The van der Waals surface area contributed by atoms with Gasteiger partial charge in [-0.3, -0.25) is 38.4 Å². The zero-order valence-electron chi connectivity index (χ0n) is 30.0. The fraction of sp³-hybridized carbons (Fsp3) is 0.471. The number of nitrogens with one attached hydrogen (secondary N) is 6. The van der Waals surface area contributed by atoms with Gasteiger partial charge in [0.15, 0.2) is 0 Å². The van der Waals surface area contributed by atoms with Crippen molar-refractivity contribution in [3.8, 4) is 0 Å². The van der Waals surface area contributed by atoms with Gasteiger partial charge in [-0.15, -0.1) is 0 Å². The van der Waals surface area contributed by atoms with Crippen LogP contribution in [0.4, 0.5) is 11.6 Å². The summed E-state index contributed by atoms with van der Waals surface area (Å²) in [5.41, 5.74) is 0. The van der Waals surface area contributed by atoms with E-state index in [2.05, 4.69) is 41.9 Å². The number of carbonyl (C=O) groups excluding carboxylic acids is 8. The molecule has 290 valence electrons. The van der Waals surface area contributed by atoms with E-state index in [1.807, 2.05) is 0 Å². The molecule has 0 aromatic carbocycles. The van der Waals surface area contributed by atoms with E-state index in [-0.39, 0.29) is 49.1 Å². The molecule has 0 spiro atoms. The van der Waals surface area contributed by atoms with Crippen LogP contribution in [0.2, 0.25) is 10.0 Å². The van der Waals surface area contributed by atoms with Crippen molar-refractivity contribution in [2.75, 3.05) is 38.8 Å². The summed E-state index contributed by atoms with van der Waals surface area (Å²) in [6, 6.07) is 2.16. The first-order chi connectivity index (χ1) is 25.5. The standard InChI is InChI=1S/C34H42Cl2N10O8/c1-45(2)33(53)17-5-9-21(39-29(49)31(51)43-25-11-7-19(35)15-37-25)23(13-17)41-27(47)28(48)42-24-14-18(34(54)46(3)4)6-10-22(24)40-30(50)32(52)44-26-12-8-20(36)16-38-26/h7-8,11-12,15-18,21-24H,5-6,9-10,13-14H2,1-4H3,(H,39,49)(H,40,50)(H,41,47)(H,42,48)(H,37,43,51)(H,38,44,52)/t17-,18-,21-,22-,23+,24+/m0/s1. The summed E-state index contributed by atoms with van der Waals surface area (Å²) < 4.78 is 0. The number of halogens is 2. The number of aromatic nitrogens is 2. The van der Waals surface area contributed by atoms with Crippen LogP contribution in [0.3, 0.4) is 0 Å². The molecular formula is C34H42Cl2N10O8. The molecule has 8 amide bonds. The second-order valence-corrected chi connectivity index (χ2v) is 14.3. The van der Waals surface area contributed by atoms with Crippen molar-refractivity contribution >= 4 is 82.1 Å². The molecule has 2 fully saturated rings. The Balaban J connectivity index is 1.46. The van der Waals surface area contributed by atoms with Gasteiger partial charge in [-0.1, -0.05) is 23.2 Å². The minimum atomic E-state index is -1.12. The number of carbonyl (C=O) groups is 8. The average molecular weight is 790 g/mol. The average Bonchev–Trinajstić information content (AvgIpc) is 3.13. The number of hydrogen-bond donors (Lipinski definition) is 6. The molecule has 6 atom stereocenters. The van der Waals surface area contributed by atoms with Crippen molar-refractivity contribution in [3.63, 3.8) is 0 Å². The molecule has 0 unspecified atom stereocenters. The Morgan fingerprint density at radius 1 is 0.519 bits per heavy atom. The molecule has 18 nitrogen and oxygen atoms in total. The van der Waals surface area contributed by atoms with Gasteiger partial charge in [-0.05, 0) is 62.8 Å². The van der Waals surface area contributed by atoms with Gasteiger partial charge in [0.05, 0.1) is 22.1 Å². The monoisotopic (exact) mass is 788 g/mol. The van der Waals surface area contributed by atoms with Crippen LogP contribution in [0.5, 0.6) is 0 Å². The highest BCUT2D eigenvalue weighted by atomic mass is 35.5. The molecule has 0 radical (unpaired) electrons. The predicted molar refractivity (Wildman–Crippen MR) is 196 cm³/mol. The van der Waals surface area contributed by atoms with Crippen molar-refractivity contribution in [1.29, 1.82) is 0 Å². The van der Waals surface area contributed by atoms with Gasteiger partial charge in [-0.2, -0.15) is 0 Å². The quantitative estimate of drug-likeness (QED) is 0.197. The molecule has 6 N–H and O–H groups in total. The molecule has 0 bridgehead atoms. The first-order valence-corrected chi connectivity index (χ1v) is 17.8. The smallest absolute Gasteiger partial charge is 0.314 e. The van der Waals surface area contributed by atoms with Crippen LogP contribution < -0.4 is 31.9 Å². The molecule has 0 saturated heterocycles. The summed E-state index contributed by atoms with van der Waals surface area (Å²) in [6.07, 6.45) is 3.69. The summed E-state index contributed by atoms with van der Waals surface area (Å²) in [4.78, 5) is 114. The third-order valence-electron chi connectivity index (χ3n) is 9.10. The maximum Gasteiger partial charge on any atom is 0.314 e. The van der Waals surface area contributed by atoms with Crippen LogP contribution in [0, 0.1) is 11.8 Å². The van der Waals surface area contributed by atoms with E-state index in [1.54, 1.807) is 28.2 Å². The molecule has 2 heterocycles. The zero-order valence-corrected chi connectivity index (χ0v) is 31.5. The van der Waals surface area contributed by atoms with Crippen molar-refractivity contribution in [2.24, 2.45) is 11.8 Å². The van der Waals surface area contributed by atoms with Crippen LogP contribution in [-0.4, -0.2) is 119 Å². The summed E-state index contributed by atoms with van der Waals surface area (Å²) in [5, 5.41) is 15.7. The van der Waals surface area contributed by atoms with E-state index in [0.717, 1.165) is 0 Å². The lowest BCUT2D eigenvalue weighted by Crippen LogP contribution is -2.61. The Kier molecular flexibility index (Phi) is 14.3. The number of rotatable bonds is 8. The van der Waals surface area contributed by atoms with Crippen molar-refractivity contribution in [3.05, 3.63) is 46.7 Å². The Hall–Kier alpha value is -5.36. The maximum atomic E-state index is 13.4. The summed E-state index contributed by atoms with van der Waals surface area (Å²) in [6.45, 7) is 0. The van der Waals surface area contributed by atoms with Crippen LogP contribution in [0.15, 0.2) is 36.7 Å². The van der Waals surface area contributed by atoms with Crippen LogP contribution in [-0.2, 0) is 38.4 Å². The normalized spacial score (nSPS) is 22.0. The van der Waals surface area contributed by atoms with Crippen molar-refractivity contribution in [1.82, 2.24) is 41.0 Å². The van der Waals surface area contributed by atoms with Crippen molar-refractivity contribution < 1.29 is 38.4 Å². The van der Waals surface area contributed by atoms with Crippen molar-refractivity contribution in [2.45, 2.75) is 62.7 Å². The molecule has 54 heavy (non-hydrogen) atoms. The third kappa shape index (κ3) is 11.3. The summed E-state index contributed by atoms with van der Waals surface area (Å²) in [5.74, 6) is -7.79. The second-order valence-electron chi connectivity index (χ2n) is 13.4. The molecule has 2 aromatic heterocycles. The van der Waals surface area contributed by atoms with E-state index in [4.69, 9.17) is 23.2 Å². The minimum Gasteiger partial charge on any atom is -0.349 e. The van der Waals surface area contributed by atoms with Gasteiger partial charge < -0.3 is 41.7 Å². The highest BCUT2D eigenvalue weighted by Crippen LogP contribution is 2.28. The molecule has 20 heteroatoms. The summed E-state index contributed by atoms with van der Waals surface area (Å²) >= 11 is 11.7. The lowest BCUT2D eigenvalue weighted by Gasteiger charge is -2.38. The minimum absolute atomic E-state index is 0.0421. The lowest BCUT2D eigenvalue weighted by atomic mass is 9.81. The van der Waals surface area contributed by atoms with Gasteiger partial charge in [0.25, 0.3) is 0 Å². The van der Waals surface area contributed by atoms with Crippen LogP contribution in [0.25, 0.3) is 0 Å². The highest BCUT2D eigenvalue weighted by Gasteiger charge is 2.40. The fourth-order valence-corrected chi connectivity index (χ4v) is 6.59. The molecule has 2 aromatic rings. The van der Waals surface area contributed by atoms with E-state index >= 15 is 0 Å². The topological polar surface area (TPSA) is 241 Å². The largest absolute Gasteiger partial charge is 0.349 e. The Morgan fingerprint density at radius 3 is 1.17 bits per heavy atom. The van der Waals surface area contributed by atoms with Gasteiger partial charge in [0, 0.05) is 64.5 Å². The van der Waals surface area contributed by atoms with Gasteiger partial charge in [0.1, 0.15) is 11.6 Å². The van der Waals surface area contributed by atoms with Gasteiger partial charge in [0.2, 0.25) is 11.8 Å². The third-order valence-corrected chi connectivity index (χ3v) is 9.55. The SMILES string of the molecule is CN(C)C(=O)[C@H]1CC[C@H](NC(=O)C(=O)Nc2ccc(Cl)cn2)[C@H](NC(=O)C(=O)N[C@@H]2C[C@@H](C(=O)N(C)C)CC[C@@H]2NC(=O)C(=O)Nc2ccc(Cl)cn2)C1. The Morgan fingerprint density at radius 2 is 0.852 bits per heavy atom. The first kappa shape index (κ1) is 41.4. The first-order valence-electron chi connectivity index (χ1n) is 17.0. The Bertz CT molecular complexity index is 1630. The molecule has 0 aliphatic heterocycles. The molecule has 2 aliphatic rings. The lowest BCUT2D eigenvalue weighted by molar-refractivity contribution is -0.142. The van der Waals surface area contributed by atoms with E-state index in [1.165, 1.54) is 46.5 Å². The van der Waals surface area contributed by atoms with E-state index < -0.39 is 71.4 Å². The van der Waals surface area contributed by atoms with Gasteiger partial charge >= 0.3 is 35.4 Å². The number of nitrogens with zero attached hydrogens (tertiary/aromatic N) is 4. The number of pyridine rings is 2. The maximum absolute atomic E-state index is 13.4. The number of amides is 8. The number of anilines is 2. The molecular weight excluding hydrogens is 747 g/mol. The molecule has 2 saturated carbocycles. The number of hydrogen-bond acceptors (Lipinski definition) is 10. The highest BCUT2D eigenvalue weighted by molar-refractivity contribution is 6.40. The molecule has 4 rings (SSSR count). The zero-order chi connectivity index (χ0) is 39.7. The van der Waals surface area contributed by atoms with Crippen LogP contribution in [0.1, 0.15) is 38.5 Å². The van der Waals surface area contributed by atoms with Crippen LogP contribution >= 0.6 is 23.2 Å². The molecule has 2 aliphatic carbocycles. The Labute approximate surface area is 320 Å². The van der Waals surface area contributed by atoms with E-state index in [9.17, 15) is 38.4 Å². The fourth-order valence-electron chi connectivity index (χ4n) is 6.37. The van der Waals surface area contributed by atoms with E-state index in [0.29, 0.717) is 22.9 Å². The van der Waals surface area contributed by atoms with Gasteiger partial charge in [-0.25, -0.2) is 9.97 Å². The summed E-state index contributed by atoms with van der Waals surface area (Å²) in [7, 11) is 6.33. The predicted octanol–water partition coefficient (Wildman–Crippen LogP) is 0.0764. The second kappa shape index (κ2) is 18.6.